The van der Waals surface area contributed by atoms with Gasteiger partial charge in [-0.25, -0.2) is 0 Å². The zero-order chi connectivity index (χ0) is 21.6. The van der Waals surface area contributed by atoms with Crippen LogP contribution in [0.25, 0.3) is 11.1 Å². The summed E-state index contributed by atoms with van der Waals surface area (Å²) in [5.74, 6) is 1.81. The standard InChI is InChI=1S/C28H31NO2.ClH/c1-4-29(5-2)18-19-31-25-16-12-22(13-17-25)28-26-9-7-6-8-23(26)20-27(28)21-10-14-24(30-3)15-11-21;/h6-17H,4-5,18-20H2,1-3H3;1H. The van der Waals surface area contributed by atoms with Crippen molar-refractivity contribution in [3.05, 3.63) is 95.1 Å². The van der Waals surface area contributed by atoms with E-state index >= 15 is 0 Å². The molecule has 1 aliphatic rings. The third-order valence-electron chi connectivity index (χ3n) is 6.11. The molecule has 0 heterocycles. The summed E-state index contributed by atoms with van der Waals surface area (Å²) < 4.78 is 11.3. The molecule has 3 aromatic rings. The molecule has 0 saturated heterocycles. The summed E-state index contributed by atoms with van der Waals surface area (Å²) in [6.07, 6.45) is 0.944. The van der Waals surface area contributed by atoms with Gasteiger partial charge in [0.2, 0.25) is 0 Å². The first-order chi connectivity index (χ1) is 15.2. The van der Waals surface area contributed by atoms with Crippen LogP contribution in [0, 0.1) is 0 Å². The summed E-state index contributed by atoms with van der Waals surface area (Å²) in [7, 11) is 1.71. The Morgan fingerprint density at radius 2 is 1.41 bits per heavy atom. The quantitative estimate of drug-likeness (QED) is 0.379. The van der Waals surface area contributed by atoms with E-state index in [1.54, 1.807) is 7.11 Å². The van der Waals surface area contributed by atoms with Crippen LogP contribution in [0.2, 0.25) is 0 Å². The summed E-state index contributed by atoms with van der Waals surface area (Å²) >= 11 is 0. The number of likely N-dealkylation sites (N-methyl/N-ethyl adjacent to an activating group) is 1. The van der Waals surface area contributed by atoms with E-state index in [0.29, 0.717) is 6.61 Å². The third-order valence-corrected chi connectivity index (χ3v) is 6.11. The van der Waals surface area contributed by atoms with Crippen LogP contribution in [0.5, 0.6) is 11.5 Å². The summed E-state index contributed by atoms with van der Waals surface area (Å²) in [6, 6.07) is 25.7. The van der Waals surface area contributed by atoms with Gasteiger partial charge in [0, 0.05) is 6.54 Å². The average Bonchev–Trinajstić information content (AvgIpc) is 3.22. The number of halogens is 1. The molecule has 3 aromatic carbocycles. The van der Waals surface area contributed by atoms with Crippen LogP contribution in [-0.2, 0) is 6.42 Å². The SMILES string of the molecule is CCN(CC)CCOc1ccc(C2=C(c3ccc(OC)cc3)Cc3ccccc32)cc1.Cl. The monoisotopic (exact) mass is 449 g/mol. The van der Waals surface area contributed by atoms with Crippen LogP contribution >= 0.6 is 12.4 Å². The van der Waals surface area contributed by atoms with Gasteiger partial charge in [0.25, 0.3) is 0 Å². The van der Waals surface area contributed by atoms with Crippen LogP contribution in [0.15, 0.2) is 72.8 Å². The van der Waals surface area contributed by atoms with Crippen molar-refractivity contribution < 1.29 is 9.47 Å². The van der Waals surface area contributed by atoms with Crippen molar-refractivity contribution in [3.8, 4) is 11.5 Å². The molecule has 0 fully saturated rings. The van der Waals surface area contributed by atoms with Crippen LogP contribution in [-0.4, -0.2) is 38.3 Å². The molecule has 0 saturated carbocycles. The number of methoxy groups -OCH3 is 1. The molecule has 0 aliphatic heterocycles. The van der Waals surface area contributed by atoms with Crippen molar-refractivity contribution in [2.24, 2.45) is 0 Å². The van der Waals surface area contributed by atoms with Crippen LogP contribution in [0.1, 0.15) is 36.1 Å². The van der Waals surface area contributed by atoms with Gasteiger partial charge < -0.3 is 14.4 Å². The Balaban J connectivity index is 0.00000289. The highest BCUT2D eigenvalue weighted by atomic mass is 35.5. The second-order valence-electron chi connectivity index (χ2n) is 7.82. The summed E-state index contributed by atoms with van der Waals surface area (Å²) in [5, 5.41) is 0. The molecule has 0 bridgehead atoms. The minimum atomic E-state index is 0. The van der Waals surface area contributed by atoms with Crippen LogP contribution in [0.3, 0.4) is 0 Å². The van der Waals surface area contributed by atoms with Gasteiger partial charge in [-0.3, -0.25) is 0 Å². The summed E-state index contributed by atoms with van der Waals surface area (Å²) in [5.41, 5.74) is 7.85. The fourth-order valence-electron chi connectivity index (χ4n) is 4.28. The number of ether oxygens (including phenoxy) is 2. The van der Waals surface area contributed by atoms with Gasteiger partial charge in [0.1, 0.15) is 18.1 Å². The summed E-state index contributed by atoms with van der Waals surface area (Å²) in [4.78, 5) is 2.37. The first-order valence-electron chi connectivity index (χ1n) is 11.1. The molecule has 0 amide bonds. The first-order valence-corrected chi connectivity index (χ1v) is 11.1. The van der Waals surface area contributed by atoms with Crippen molar-refractivity contribution in [3.63, 3.8) is 0 Å². The lowest BCUT2D eigenvalue weighted by molar-refractivity contribution is 0.223. The molecule has 0 atom stereocenters. The molecule has 168 valence electrons. The largest absolute Gasteiger partial charge is 0.497 e. The molecular formula is C28H32ClNO2. The maximum absolute atomic E-state index is 5.99. The molecule has 4 heteroatoms. The molecule has 0 aromatic heterocycles. The number of rotatable bonds is 9. The molecule has 0 spiro atoms. The molecule has 4 rings (SSSR count). The van der Waals surface area contributed by atoms with Gasteiger partial charge in [-0.05, 0) is 77.2 Å². The van der Waals surface area contributed by atoms with E-state index in [1.165, 1.54) is 33.4 Å². The van der Waals surface area contributed by atoms with E-state index in [0.717, 1.165) is 37.6 Å². The Bertz CT molecular complexity index is 1040. The third kappa shape index (κ3) is 5.17. The highest BCUT2D eigenvalue weighted by molar-refractivity contribution is 6.03. The molecule has 0 N–H and O–H groups in total. The van der Waals surface area contributed by atoms with Gasteiger partial charge in [0.05, 0.1) is 7.11 Å². The number of nitrogens with zero attached hydrogens (tertiary/aromatic N) is 1. The molecule has 0 unspecified atom stereocenters. The topological polar surface area (TPSA) is 21.7 Å². The van der Waals surface area contributed by atoms with E-state index < -0.39 is 0 Å². The van der Waals surface area contributed by atoms with Crippen LogP contribution in [0.4, 0.5) is 0 Å². The summed E-state index contributed by atoms with van der Waals surface area (Å²) in [6.45, 7) is 8.15. The maximum atomic E-state index is 5.99. The Morgan fingerprint density at radius 1 is 0.781 bits per heavy atom. The number of allylic oxidation sites excluding steroid dienone is 1. The van der Waals surface area contributed by atoms with E-state index in [4.69, 9.17) is 9.47 Å². The lowest BCUT2D eigenvalue weighted by Gasteiger charge is -2.18. The minimum Gasteiger partial charge on any atom is -0.497 e. The predicted molar refractivity (Wildman–Crippen MR) is 136 cm³/mol. The van der Waals surface area contributed by atoms with Gasteiger partial charge in [-0.1, -0.05) is 62.4 Å². The lowest BCUT2D eigenvalue weighted by Crippen LogP contribution is -2.27. The zero-order valence-corrected chi connectivity index (χ0v) is 20.0. The minimum absolute atomic E-state index is 0. The van der Waals surface area contributed by atoms with Gasteiger partial charge in [-0.15, -0.1) is 12.4 Å². The van der Waals surface area contributed by atoms with E-state index in [2.05, 4.69) is 79.4 Å². The zero-order valence-electron chi connectivity index (χ0n) is 19.1. The van der Waals surface area contributed by atoms with Crippen molar-refractivity contribution in [1.82, 2.24) is 4.90 Å². The number of hydrogen-bond donors (Lipinski definition) is 0. The highest BCUT2D eigenvalue weighted by Gasteiger charge is 2.23. The molecule has 0 radical (unpaired) electrons. The van der Waals surface area contributed by atoms with E-state index in [9.17, 15) is 0 Å². The average molecular weight is 450 g/mol. The Hall–Kier alpha value is -2.75. The molecular weight excluding hydrogens is 418 g/mol. The van der Waals surface area contributed by atoms with E-state index in [1.807, 2.05) is 12.1 Å². The maximum Gasteiger partial charge on any atom is 0.119 e. The van der Waals surface area contributed by atoms with Crippen molar-refractivity contribution in [2.75, 3.05) is 33.4 Å². The Labute approximate surface area is 198 Å². The molecule has 1 aliphatic carbocycles. The van der Waals surface area contributed by atoms with Gasteiger partial charge in [0.15, 0.2) is 0 Å². The molecule has 3 nitrogen and oxygen atoms in total. The lowest BCUT2D eigenvalue weighted by atomic mass is 9.94. The van der Waals surface area contributed by atoms with Crippen molar-refractivity contribution >= 4 is 23.6 Å². The number of benzene rings is 3. The highest BCUT2D eigenvalue weighted by Crippen LogP contribution is 2.42. The molecule has 32 heavy (non-hydrogen) atoms. The normalized spacial score (nSPS) is 12.5. The Kier molecular flexibility index (Phi) is 8.38. The van der Waals surface area contributed by atoms with Gasteiger partial charge in [-0.2, -0.15) is 0 Å². The van der Waals surface area contributed by atoms with Crippen molar-refractivity contribution in [2.45, 2.75) is 20.3 Å². The number of hydrogen-bond acceptors (Lipinski definition) is 3. The van der Waals surface area contributed by atoms with Crippen molar-refractivity contribution in [1.29, 1.82) is 0 Å². The second-order valence-corrected chi connectivity index (χ2v) is 7.82. The first kappa shape index (κ1) is 23.9. The fraction of sp³-hybridized carbons (Fsp3) is 0.286. The van der Waals surface area contributed by atoms with Crippen LogP contribution < -0.4 is 9.47 Å². The number of fused-ring (bicyclic) bond motifs is 1. The van der Waals surface area contributed by atoms with E-state index in [-0.39, 0.29) is 12.4 Å². The van der Waals surface area contributed by atoms with Gasteiger partial charge >= 0.3 is 0 Å². The smallest absolute Gasteiger partial charge is 0.119 e. The Morgan fingerprint density at radius 3 is 2.06 bits per heavy atom. The predicted octanol–water partition coefficient (Wildman–Crippen LogP) is 6.35. The second kappa shape index (κ2) is 11.2. The fourth-order valence-corrected chi connectivity index (χ4v) is 4.28.